The number of benzene rings is 1. The molecule has 6 heteroatoms. The number of guanidine groups is 1. The van der Waals surface area contributed by atoms with E-state index in [1.807, 2.05) is 18.2 Å². The molecule has 2 N–H and O–H groups in total. The number of rotatable bonds is 6. The van der Waals surface area contributed by atoms with Gasteiger partial charge in [-0.3, -0.25) is 4.99 Å². The van der Waals surface area contributed by atoms with Gasteiger partial charge in [-0.2, -0.15) is 0 Å². The molecule has 1 heterocycles. The second-order valence-corrected chi connectivity index (χ2v) is 6.09. The molecule has 0 aromatic heterocycles. The van der Waals surface area contributed by atoms with E-state index in [9.17, 15) is 5.11 Å². The summed E-state index contributed by atoms with van der Waals surface area (Å²) in [6.07, 6.45) is 0. The fourth-order valence-electron chi connectivity index (χ4n) is 2.80. The lowest BCUT2D eigenvalue weighted by Crippen LogP contribution is -2.52. The lowest BCUT2D eigenvalue weighted by Gasteiger charge is -2.38. The van der Waals surface area contributed by atoms with E-state index in [1.165, 1.54) is 0 Å². The molecular formula is C18H31N5O. The summed E-state index contributed by atoms with van der Waals surface area (Å²) in [6, 6.07) is 7.55. The molecular weight excluding hydrogens is 302 g/mol. The van der Waals surface area contributed by atoms with Crippen molar-refractivity contribution in [2.75, 3.05) is 64.3 Å². The number of phenols is 1. The first-order valence-electron chi connectivity index (χ1n) is 8.90. The van der Waals surface area contributed by atoms with E-state index in [0.717, 1.165) is 64.0 Å². The monoisotopic (exact) mass is 333 g/mol. The Kier molecular flexibility index (Phi) is 7.18. The fraction of sp³-hybridized carbons (Fsp3) is 0.611. The zero-order chi connectivity index (χ0) is 17.4. The van der Waals surface area contributed by atoms with Crippen molar-refractivity contribution in [2.24, 2.45) is 4.99 Å². The molecule has 1 saturated heterocycles. The molecule has 1 aromatic carbocycles. The average molecular weight is 333 g/mol. The van der Waals surface area contributed by atoms with Gasteiger partial charge in [-0.1, -0.05) is 19.1 Å². The summed E-state index contributed by atoms with van der Waals surface area (Å²) in [4.78, 5) is 11.6. The summed E-state index contributed by atoms with van der Waals surface area (Å²) in [5.41, 5.74) is 0.920. The quantitative estimate of drug-likeness (QED) is 0.609. The first-order valence-corrected chi connectivity index (χ1v) is 8.90. The molecule has 0 spiro atoms. The number of aliphatic imine (C=N–C) groups is 1. The highest BCUT2D eigenvalue weighted by Gasteiger charge is 2.21. The number of para-hydroxylation sites is 2. The Hall–Kier alpha value is -1.95. The molecule has 134 valence electrons. The first kappa shape index (κ1) is 18.4. The minimum Gasteiger partial charge on any atom is -0.506 e. The molecule has 1 aliphatic heterocycles. The fourth-order valence-corrected chi connectivity index (χ4v) is 2.80. The van der Waals surface area contributed by atoms with Gasteiger partial charge >= 0.3 is 0 Å². The Morgan fingerprint density at radius 2 is 1.92 bits per heavy atom. The van der Waals surface area contributed by atoms with Crippen molar-refractivity contribution in [3.05, 3.63) is 24.3 Å². The Bertz CT molecular complexity index is 526. The zero-order valence-corrected chi connectivity index (χ0v) is 15.2. The van der Waals surface area contributed by atoms with Crippen LogP contribution >= 0.6 is 0 Å². The highest BCUT2D eigenvalue weighted by Crippen LogP contribution is 2.27. The second kappa shape index (κ2) is 9.37. The molecule has 1 fully saturated rings. The van der Waals surface area contributed by atoms with Crippen molar-refractivity contribution in [3.8, 4) is 5.75 Å². The van der Waals surface area contributed by atoms with E-state index >= 15 is 0 Å². The van der Waals surface area contributed by atoms with Crippen LogP contribution < -0.4 is 10.2 Å². The number of piperazine rings is 1. The molecule has 0 amide bonds. The van der Waals surface area contributed by atoms with Crippen LogP contribution in [0.25, 0.3) is 0 Å². The number of hydrogen-bond acceptors (Lipinski definition) is 4. The van der Waals surface area contributed by atoms with Crippen LogP contribution in [0.1, 0.15) is 13.8 Å². The Morgan fingerprint density at radius 1 is 1.21 bits per heavy atom. The third-order valence-corrected chi connectivity index (χ3v) is 4.42. The van der Waals surface area contributed by atoms with E-state index < -0.39 is 0 Å². The molecule has 6 nitrogen and oxygen atoms in total. The standard InChI is InChI=1S/C18H31N5O/c1-4-19-18(20-10-11-21(3)5-2)23-14-12-22(13-15-23)16-8-6-7-9-17(16)24/h6-9,24H,4-5,10-15H2,1-3H3,(H,19,20). The Morgan fingerprint density at radius 3 is 2.54 bits per heavy atom. The normalized spacial score (nSPS) is 15.9. The average Bonchev–Trinajstić information content (AvgIpc) is 2.61. The number of anilines is 1. The lowest BCUT2D eigenvalue weighted by atomic mass is 10.2. The SMILES string of the molecule is CCNC(=NCCN(C)CC)N1CCN(c2ccccc2O)CC1. The number of likely N-dealkylation sites (N-methyl/N-ethyl adjacent to an activating group) is 1. The van der Waals surface area contributed by atoms with Crippen LogP contribution in [0, 0.1) is 0 Å². The number of nitrogens with one attached hydrogen (secondary N) is 1. The van der Waals surface area contributed by atoms with Crippen LogP contribution in [0.5, 0.6) is 5.75 Å². The molecule has 2 rings (SSSR count). The largest absolute Gasteiger partial charge is 0.506 e. The van der Waals surface area contributed by atoms with Crippen LogP contribution in [0.4, 0.5) is 5.69 Å². The van der Waals surface area contributed by atoms with E-state index in [4.69, 9.17) is 4.99 Å². The Labute approximate surface area is 145 Å². The van der Waals surface area contributed by atoms with E-state index in [1.54, 1.807) is 6.07 Å². The van der Waals surface area contributed by atoms with Crippen molar-refractivity contribution in [3.63, 3.8) is 0 Å². The van der Waals surface area contributed by atoms with Crippen molar-refractivity contribution in [2.45, 2.75) is 13.8 Å². The van der Waals surface area contributed by atoms with Gasteiger partial charge in [0.05, 0.1) is 12.2 Å². The Balaban J connectivity index is 1.92. The van der Waals surface area contributed by atoms with Gasteiger partial charge in [0.2, 0.25) is 0 Å². The summed E-state index contributed by atoms with van der Waals surface area (Å²) in [5.74, 6) is 1.35. The smallest absolute Gasteiger partial charge is 0.194 e. The molecule has 0 unspecified atom stereocenters. The number of hydrogen-bond donors (Lipinski definition) is 2. The molecule has 1 aromatic rings. The summed E-state index contributed by atoms with van der Waals surface area (Å²) in [5, 5.41) is 13.4. The third-order valence-electron chi connectivity index (χ3n) is 4.42. The van der Waals surface area contributed by atoms with Gasteiger partial charge in [-0.15, -0.1) is 0 Å². The van der Waals surface area contributed by atoms with Gasteiger partial charge in [0.25, 0.3) is 0 Å². The zero-order valence-electron chi connectivity index (χ0n) is 15.2. The summed E-state index contributed by atoms with van der Waals surface area (Å²) in [6.45, 7) is 11.6. The van der Waals surface area contributed by atoms with E-state index in [-0.39, 0.29) is 0 Å². The van der Waals surface area contributed by atoms with Gasteiger partial charge in [0.15, 0.2) is 5.96 Å². The maximum absolute atomic E-state index is 10.0. The van der Waals surface area contributed by atoms with Crippen molar-refractivity contribution >= 4 is 11.6 Å². The molecule has 0 aliphatic carbocycles. The van der Waals surface area contributed by atoms with Crippen LogP contribution in [-0.2, 0) is 0 Å². The van der Waals surface area contributed by atoms with Crippen LogP contribution in [0.15, 0.2) is 29.3 Å². The minimum absolute atomic E-state index is 0.356. The van der Waals surface area contributed by atoms with Gasteiger partial charge in [-0.05, 0) is 32.6 Å². The lowest BCUT2D eigenvalue weighted by molar-refractivity contribution is 0.354. The topological polar surface area (TPSA) is 54.3 Å². The third kappa shape index (κ3) is 5.03. The number of phenolic OH excluding ortho intramolecular Hbond substituents is 1. The van der Waals surface area contributed by atoms with E-state index in [0.29, 0.717) is 5.75 Å². The number of nitrogens with zero attached hydrogens (tertiary/aromatic N) is 4. The van der Waals surface area contributed by atoms with E-state index in [2.05, 4.69) is 40.9 Å². The highest BCUT2D eigenvalue weighted by atomic mass is 16.3. The molecule has 0 bridgehead atoms. The predicted octanol–water partition coefficient (Wildman–Crippen LogP) is 1.43. The summed E-state index contributed by atoms with van der Waals surface area (Å²) < 4.78 is 0. The van der Waals surface area contributed by atoms with Crippen molar-refractivity contribution in [1.29, 1.82) is 0 Å². The molecule has 0 saturated carbocycles. The van der Waals surface area contributed by atoms with Crippen LogP contribution in [0.3, 0.4) is 0 Å². The second-order valence-electron chi connectivity index (χ2n) is 6.09. The summed E-state index contributed by atoms with van der Waals surface area (Å²) >= 11 is 0. The van der Waals surface area contributed by atoms with Gasteiger partial charge in [0.1, 0.15) is 5.75 Å². The predicted molar refractivity (Wildman–Crippen MR) is 101 cm³/mol. The van der Waals surface area contributed by atoms with Gasteiger partial charge in [0, 0.05) is 39.3 Å². The molecule has 0 atom stereocenters. The molecule has 1 aliphatic rings. The molecule has 0 radical (unpaired) electrons. The van der Waals surface area contributed by atoms with Crippen molar-refractivity contribution in [1.82, 2.24) is 15.1 Å². The summed E-state index contributed by atoms with van der Waals surface area (Å²) in [7, 11) is 2.12. The highest BCUT2D eigenvalue weighted by molar-refractivity contribution is 5.80. The maximum atomic E-state index is 10.0. The van der Waals surface area contributed by atoms with Crippen LogP contribution in [0.2, 0.25) is 0 Å². The van der Waals surface area contributed by atoms with Gasteiger partial charge < -0.3 is 25.1 Å². The number of aromatic hydroxyl groups is 1. The van der Waals surface area contributed by atoms with Crippen molar-refractivity contribution < 1.29 is 5.11 Å². The van der Waals surface area contributed by atoms with Gasteiger partial charge in [-0.25, -0.2) is 0 Å². The first-order chi connectivity index (χ1) is 11.7. The van der Waals surface area contributed by atoms with Crippen LogP contribution in [-0.4, -0.2) is 80.3 Å². The minimum atomic E-state index is 0.356. The maximum Gasteiger partial charge on any atom is 0.194 e. The molecule has 24 heavy (non-hydrogen) atoms.